The van der Waals surface area contributed by atoms with Crippen molar-refractivity contribution in [1.29, 1.82) is 0 Å². The lowest BCUT2D eigenvalue weighted by atomic mass is 9.71. The van der Waals surface area contributed by atoms with Gasteiger partial charge in [0.25, 0.3) is 0 Å². The van der Waals surface area contributed by atoms with E-state index in [1.807, 2.05) is 0 Å². The summed E-state index contributed by atoms with van der Waals surface area (Å²) in [6.07, 6.45) is 0.974. The van der Waals surface area contributed by atoms with Gasteiger partial charge >= 0.3 is 12.1 Å². The van der Waals surface area contributed by atoms with E-state index >= 15 is 0 Å². The number of halogens is 4. The Balaban J connectivity index is 1.33. The number of carboxylic acids is 1. The number of benzene rings is 1. The fourth-order valence-corrected chi connectivity index (χ4v) is 5.06. The average molecular weight is 483 g/mol. The molecule has 2 fully saturated rings. The highest BCUT2D eigenvalue weighted by atomic mass is 35.5. The highest BCUT2D eigenvalue weighted by Crippen LogP contribution is 2.43. The summed E-state index contributed by atoms with van der Waals surface area (Å²) >= 11 is 5.97. The van der Waals surface area contributed by atoms with Gasteiger partial charge in [-0.25, -0.2) is 9.48 Å². The molecule has 1 N–H and O–H groups in total. The van der Waals surface area contributed by atoms with Gasteiger partial charge < -0.3 is 10.0 Å². The van der Waals surface area contributed by atoms with Crippen LogP contribution < -0.4 is 0 Å². The predicted octanol–water partition coefficient (Wildman–Crippen LogP) is 5.06. The molecule has 0 amide bonds. The average Bonchev–Trinajstić information content (AvgIpc) is 3.26. The van der Waals surface area contributed by atoms with Crippen LogP contribution in [-0.2, 0) is 12.7 Å². The van der Waals surface area contributed by atoms with Crippen LogP contribution in [0.5, 0.6) is 0 Å². The Morgan fingerprint density at radius 3 is 2.33 bits per heavy atom. The van der Waals surface area contributed by atoms with Gasteiger partial charge in [0.05, 0.1) is 5.56 Å². The van der Waals surface area contributed by atoms with Crippen molar-refractivity contribution in [3.05, 3.63) is 58.9 Å². The van der Waals surface area contributed by atoms with E-state index in [1.54, 1.807) is 6.20 Å². The summed E-state index contributed by atoms with van der Waals surface area (Å²) in [6.45, 7) is 7.36. The van der Waals surface area contributed by atoms with Crippen LogP contribution in [0.25, 0.3) is 5.82 Å². The molecule has 2 saturated heterocycles. The van der Waals surface area contributed by atoms with E-state index in [2.05, 4.69) is 21.5 Å². The number of alkyl halides is 3. The summed E-state index contributed by atoms with van der Waals surface area (Å²) < 4.78 is 41.6. The monoisotopic (exact) mass is 482 g/mol. The molecule has 0 aliphatic carbocycles. The standard InChI is InChI=1S/C23H26ClF3N4O2/c1-16(31-9-4-20(28-31)21(32)33)30-12-7-22(8-13-30)5-10-29(11-6-22)15-17-14-18(24)2-3-19(17)23(25,26)27/h2-4,9,14H,1,5-8,10-13,15H2,(H,32,33). The number of hydrogen-bond donors (Lipinski definition) is 1. The zero-order chi connectivity index (χ0) is 23.8. The number of carboxylic acid groups (broad SMARTS) is 1. The summed E-state index contributed by atoms with van der Waals surface area (Å²) in [7, 11) is 0. The lowest BCUT2D eigenvalue weighted by molar-refractivity contribution is -0.138. The van der Waals surface area contributed by atoms with Crippen molar-refractivity contribution in [3.8, 4) is 0 Å². The quantitative estimate of drug-likeness (QED) is 0.645. The number of likely N-dealkylation sites (tertiary alicyclic amines) is 2. The first kappa shape index (κ1) is 23.6. The van der Waals surface area contributed by atoms with Crippen molar-refractivity contribution in [2.75, 3.05) is 26.2 Å². The summed E-state index contributed by atoms with van der Waals surface area (Å²) in [5, 5.41) is 13.4. The summed E-state index contributed by atoms with van der Waals surface area (Å²) in [6, 6.07) is 5.21. The number of rotatable bonds is 5. The number of carbonyl (C=O) groups is 1. The molecule has 0 unspecified atom stereocenters. The number of aromatic carboxylic acids is 1. The SMILES string of the molecule is C=C(N1CCC2(CCN(Cc3cc(Cl)ccc3C(F)(F)F)CC2)CC1)n1ccc(C(=O)O)n1. The minimum absolute atomic E-state index is 0.0228. The lowest BCUT2D eigenvalue weighted by Gasteiger charge is -2.47. The molecule has 0 atom stereocenters. The maximum atomic E-state index is 13.4. The van der Waals surface area contributed by atoms with E-state index in [-0.39, 0.29) is 23.2 Å². The zero-order valence-corrected chi connectivity index (χ0v) is 18.9. The van der Waals surface area contributed by atoms with E-state index in [1.165, 1.54) is 22.9 Å². The topological polar surface area (TPSA) is 61.6 Å². The van der Waals surface area contributed by atoms with Gasteiger partial charge in [0.2, 0.25) is 0 Å². The van der Waals surface area contributed by atoms with Crippen LogP contribution in [-0.4, -0.2) is 56.8 Å². The minimum atomic E-state index is -4.40. The third kappa shape index (κ3) is 5.19. The molecule has 2 aromatic rings. The van der Waals surface area contributed by atoms with Crippen molar-refractivity contribution >= 4 is 23.4 Å². The van der Waals surface area contributed by atoms with Crippen LogP contribution in [0.2, 0.25) is 5.02 Å². The summed E-state index contributed by atoms with van der Waals surface area (Å²) in [5.41, 5.74) is -0.253. The number of hydrogen-bond acceptors (Lipinski definition) is 4. The van der Waals surface area contributed by atoms with Crippen molar-refractivity contribution < 1.29 is 23.1 Å². The molecule has 0 radical (unpaired) electrons. The molecule has 1 spiro atoms. The molecule has 0 bridgehead atoms. The van der Waals surface area contributed by atoms with Gasteiger partial charge in [-0.3, -0.25) is 4.90 Å². The largest absolute Gasteiger partial charge is 0.476 e. The van der Waals surface area contributed by atoms with Crippen LogP contribution in [0.3, 0.4) is 0 Å². The maximum Gasteiger partial charge on any atom is 0.416 e. The number of aromatic nitrogens is 2. The molecule has 10 heteroatoms. The Morgan fingerprint density at radius 2 is 1.76 bits per heavy atom. The molecular formula is C23H26ClF3N4O2. The second kappa shape index (κ2) is 9.02. The van der Waals surface area contributed by atoms with E-state index in [9.17, 15) is 18.0 Å². The minimum Gasteiger partial charge on any atom is -0.476 e. The molecule has 1 aromatic heterocycles. The number of piperidine rings is 2. The van der Waals surface area contributed by atoms with Crippen LogP contribution in [0.1, 0.15) is 47.3 Å². The summed E-state index contributed by atoms with van der Waals surface area (Å²) in [5.74, 6) is -0.429. The molecular weight excluding hydrogens is 457 g/mol. The molecule has 33 heavy (non-hydrogen) atoms. The third-order valence-electron chi connectivity index (χ3n) is 6.95. The molecule has 3 heterocycles. The normalized spacial score (nSPS) is 19.1. The van der Waals surface area contributed by atoms with Gasteiger partial charge in [-0.2, -0.15) is 18.3 Å². The van der Waals surface area contributed by atoms with Crippen LogP contribution in [0.4, 0.5) is 13.2 Å². The fraction of sp³-hybridized carbons (Fsp3) is 0.478. The number of nitrogens with zero attached hydrogens (tertiary/aromatic N) is 4. The first-order chi connectivity index (χ1) is 15.6. The Bertz CT molecular complexity index is 1030. The highest BCUT2D eigenvalue weighted by molar-refractivity contribution is 6.30. The van der Waals surface area contributed by atoms with Crippen molar-refractivity contribution in [2.45, 2.75) is 38.4 Å². The Labute approximate surface area is 195 Å². The predicted molar refractivity (Wildman–Crippen MR) is 119 cm³/mol. The third-order valence-corrected chi connectivity index (χ3v) is 7.18. The van der Waals surface area contributed by atoms with Gasteiger partial charge in [-0.15, -0.1) is 0 Å². The lowest BCUT2D eigenvalue weighted by Crippen LogP contribution is -2.46. The van der Waals surface area contributed by atoms with Crippen LogP contribution in [0, 0.1) is 5.41 Å². The molecule has 2 aliphatic rings. The van der Waals surface area contributed by atoms with E-state index < -0.39 is 17.7 Å². The van der Waals surface area contributed by atoms with Crippen LogP contribution >= 0.6 is 11.6 Å². The Hall–Kier alpha value is -2.52. The summed E-state index contributed by atoms with van der Waals surface area (Å²) in [4.78, 5) is 15.2. The van der Waals surface area contributed by atoms with Gasteiger partial charge in [0.1, 0.15) is 5.82 Å². The Kier molecular flexibility index (Phi) is 6.46. The molecule has 4 rings (SSSR count). The van der Waals surface area contributed by atoms with E-state index in [4.69, 9.17) is 16.7 Å². The van der Waals surface area contributed by atoms with Crippen molar-refractivity contribution in [1.82, 2.24) is 19.6 Å². The van der Waals surface area contributed by atoms with Crippen molar-refractivity contribution in [2.24, 2.45) is 5.41 Å². The highest BCUT2D eigenvalue weighted by Gasteiger charge is 2.39. The fourth-order valence-electron chi connectivity index (χ4n) is 4.86. The van der Waals surface area contributed by atoms with Gasteiger partial charge in [-0.1, -0.05) is 18.2 Å². The molecule has 2 aliphatic heterocycles. The van der Waals surface area contributed by atoms with Crippen LogP contribution in [0.15, 0.2) is 37.0 Å². The molecule has 178 valence electrons. The first-order valence-corrected chi connectivity index (χ1v) is 11.3. The molecule has 1 aromatic carbocycles. The molecule has 6 nitrogen and oxygen atoms in total. The second-order valence-electron chi connectivity index (χ2n) is 8.93. The molecule has 0 saturated carbocycles. The Morgan fingerprint density at radius 1 is 1.12 bits per heavy atom. The zero-order valence-electron chi connectivity index (χ0n) is 18.1. The smallest absolute Gasteiger partial charge is 0.416 e. The van der Waals surface area contributed by atoms with Crippen molar-refractivity contribution in [3.63, 3.8) is 0 Å². The van der Waals surface area contributed by atoms with Gasteiger partial charge in [-0.05, 0) is 74.0 Å². The van der Waals surface area contributed by atoms with Gasteiger partial charge in [0.15, 0.2) is 5.69 Å². The van der Waals surface area contributed by atoms with E-state index in [0.717, 1.165) is 57.9 Å². The van der Waals surface area contributed by atoms with Gasteiger partial charge in [0, 0.05) is 30.9 Å². The van der Waals surface area contributed by atoms with E-state index in [0.29, 0.717) is 10.8 Å². The first-order valence-electron chi connectivity index (χ1n) is 10.9. The second-order valence-corrected chi connectivity index (χ2v) is 9.37. The maximum absolute atomic E-state index is 13.4.